The van der Waals surface area contributed by atoms with Crippen LogP contribution < -0.4 is 14.2 Å². The topological polar surface area (TPSA) is 65.7 Å². The fourth-order valence-corrected chi connectivity index (χ4v) is 2.59. The molecule has 0 saturated carbocycles. The molecular formula is C17H16N2O4. The summed E-state index contributed by atoms with van der Waals surface area (Å²) >= 11 is 0. The summed E-state index contributed by atoms with van der Waals surface area (Å²) in [7, 11) is 0. The van der Waals surface area contributed by atoms with E-state index in [9.17, 15) is 5.11 Å². The number of nitrogens with zero attached hydrogens (tertiary/aromatic N) is 2. The standard InChI is InChI=1S/C17H16N2O4/c20-12(8-19-10-18-14-3-1-2-4-15(14)19)9-21-13-5-6-16-17(7-13)23-11-22-16/h1-7,10,12,20H,8-9,11H2/t12-/m0/s1. The summed E-state index contributed by atoms with van der Waals surface area (Å²) in [6, 6.07) is 13.2. The quantitative estimate of drug-likeness (QED) is 0.782. The van der Waals surface area contributed by atoms with Crippen molar-refractivity contribution < 1.29 is 19.3 Å². The third kappa shape index (κ3) is 2.80. The van der Waals surface area contributed by atoms with Crippen molar-refractivity contribution in [2.24, 2.45) is 0 Å². The fraction of sp³-hybridized carbons (Fsp3) is 0.235. The van der Waals surface area contributed by atoms with Gasteiger partial charge in [-0.05, 0) is 24.3 Å². The van der Waals surface area contributed by atoms with Gasteiger partial charge in [-0.2, -0.15) is 0 Å². The second kappa shape index (κ2) is 5.81. The maximum atomic E-state index is 10.2. The van der Waals surface area contributed by atoms with Crippen molar-refractivity contribution >= 4 is 11.0 Å². The lowest BCUT2D eigenvalue weighted by Crippen LogP contribution is -2.23. The predicted octanol–water partition coefficient (Wildman–Crippen LogP) is 2.20. The minimum atomic E-state index is -0.641. The number of fused-ring (bicyclic) bond motifs is 2. The summed E-state index contributed by atoms with van der Waals surface area (Å²) in [5, 5.41) is 10.2. The Morgan fingerprint density at radius 2 is 2.04 bits per heavy atom. The Balaban J connectivity index is 1.39. The van der Waals surface area contributed by atoms with Crippen LogP contribution in [0.1, 0.15) is 0 Å². The number of hydrogen-bond donors (Lipinski definition) is 1. The average molecular weight is 312 g/mol. The number of hydrogen-bond acceptors (Lipinski definition) is 5. The molecule has 0 amide bonds. The molecule has 0 spiro atoms. The maximum Gasteiger partial charge on any atom is 0.231 e. The number of imidazole rings is 1. The monoisotopic (exact) mass is 312 g/mol. The summed E-state index contributed by atoms with van der Waals surface area (Å²) in [4.78, 5) is 4.31. The second-order valence-electron chi connectivity index (χ2n) is 5.37. The minimum Gasteiger partial charge on any atom is -0.491 e. The molecule has 0 saturated heterocycles. The number of ether oxygens (including phenoxy) is 3. The molecule has 6 nitrogen and oxygen atoms in total. The lowest BCUT2D eigenvalue weighted by Gasteiger charge is -2.13. The number of benzene rings is 2. The van der Waals surface area contributed by atoms with Gasteiger partial charge in [-0.15, -0.1) is 0 Å². The third-order valence-corrected chi connectivity index (χ3v) is 3.72. The van der Waals surface area contributed by atoms with Gasteiger partial charge in [0, 0.05) is 6.07 Å². The van der Waals surface area contributed by atoms with Crippen LogP contribution in [-0.2, 0) is 6.54 Å². The number of aromatic nitrogens is 2. The molecule has 0 fully saturated rings. The SMILES string of the molecule is O[C@H](COc1ccc2c(c1)OCO2)Cn1cnc2ccccc21. The number of aliphatic hydroxyl groups excluding tert-OH is 1. The molecule has 0 aliphatic carbocycles. The van der Waals surface area contributed by atoms with E-state index in [1.807, 2.05) is 28.8 Å². The van der Waals surface area contributed by atoms with Crippen LogP contribution in [0.3, 0.4) is 0 Å². The molecule has 118 valence electrons. The van der Waals surface area contributed by atoms with Gasteiger partial charge in [0.15, 0.2) is 11.5 Å². The van der Waals surface area contributed by atoms with Crippen molar-refractivity contribution in [2.75, 3.05) is 13.4 Å². The molecule has 1 aliphatic rings. The van der Waals surface area contributed by atoms with Gasteiger partial charge in [0.25, 0.3) is 0 Å². The molecule has 0 radical (unpaired) electrons. The van der Waals surface area contributed by atoms with Gasteiger partial charge >= 0.3 is 0 Å². The van der Waals surface area contributed by atoms with E-state index in [1.54, 1.807) is 24.5 Å². The first-order valence-electron chi connectivity index (χ1n) is 7.40. The Morgan fingerprint density at radius 3 is 3.00 bits per heavy atom. The Kier molecular flexibility index (Phi) is 3.51. The Bertz CT molecular complexity index is 830. The van der Waals surface area contributed by atoms with Crippen molar-refractivity contribution in [3.8, 4) is 17.2 Å². The Morgan fingerprint density at radius 1 is 1.17 bits per heavy atom. The molecule has 0 unspecified atom stereocenters. The molecule has 2 heterocycles. The van der Waals surface area contributed by atoms with E-state index in [4.69, 9.17) is 14.2 Å². The zero-order valence-corrected chi connectivity index (χ0v) is 12.4. The highest BCUT2D eigenvalue weighted by molar-refractivity contribution is 5.74. The highest BCUT2D eigenvalue weighted by atomic mass is 16.7. The summed E-state index contributed by atoms with van der Waals surface area (Å²) in [6.07, 6.45) is 1.09. The van der Waals surface area contributed by atoms with Crippen LogP contribution in [0.15, 0.2) is 48.8 Å². The first-order chi connectivity index (χ1) is 11.3. The lowest BCUT2D eigenvalue weighted by atomic mass is 10.3. The zero-order valence-electron chi connectivity index (χ0n) is 12.4. The first-order valence-corrected chi connectivity index (χ1v) is 7.40. The highest BCUT2D eigenvalue weighted by Gasteiger charge is 2.15. The Hall–Kier alpha value is -2.73. The van der Waals surface area contributed by atoms with Crippen LogP contribution in [-0.4, -0.2) is 34.2 Å². The maximum absolute atomic E-state index is 10.2. The van der Waals surface area contributed by atoms with Crippen molar-refractivity contribution in [2.45, 2.75) is 12.6 Å². The van der Waals surface area contributed by atoms with E-state index < -0.39 is 6.10 Å². The molecule has 1 aromatic heterocycles. The molecular weight excluding hydrogens is 296 g/mol. The normalized spacial score (nSPS) is 14.1. The smallest absolute Gasteiger partial charge is 0.231 e. The number of aliphatic hydroxyl groups is 1. The van der Waals surface area contributed by atoms with Gasteiger partial charge in [0.2, 0.25) is 6.79 Å². The summed E-state index contributed by atoms with van der Waals surface area (Å²) in [5.74, 6) is 2.02. The number of para-hydroxylation sites is 2. The Labute approximate surface area is 132 Å². The van der Waals surface area contributed by atoms with Crippen molar-refractivity contribution in [1.29, 1.82) is 0 Å². The molecule has 23 heavy (non-hydrogen) atoms. The molecule has 1 atom stereocenters. The van der Waals surface area contributed by atoms with E-state index in [-0.39, 0.29) is 13.4 Å². The largest absolute Gasteiger partial charge is 0.491 e. The van der Waals surface area contributed by atoms with Crippen LogP contribution in [0.4, 0.5) is 0 Å². The van der Waals surface area contributed by atoms with Crippen LogP contribution in [0.2, 0.25) is 0 Å². The van der Waals surface area contributed by atoms with Crippen molar-refractivity contribution in [3.05, 3.63) is 48.8 Å². The van der Waals surface area contributed by atoms with E-state index >= 15 is 0 Å². The zero-order chi connectivity index (χ0) is 15.6. The third-order valence-electron chi connectivity index (χ3n) is 3.72. The van der Waals surface area contributed by atoms with E-state index in [0.29, 0.717) is 23.8 Å². The molecule has 2 aromatic carbocycles. The van der Waals surface area contributed by atoms with Gasteiger partial charge in [-0.25, -0.2) is 4.98 Å². The highest BCUT2D eigenvalue weighted by Crippen LogP contribution is 2.35. The summed E-state index contributed by atoms with van der Waals surface area (Å²) < 4.78 is 18.1. The minimum absolute atomic E-state index is 0.187. The van der Waals surface area contributed by atoms with Crippen molar-refractivity contribution in [3.63, 3.8) is 0 Å². The molecule has 3 aromatic rings. The fourth-order valence-electron chi connectivity index (χ4n) is 2.59. The molecule has 6 heteroatoms. The van der Waals surface area contributed by atoms with Gasteiger partial charge in [0.05, 0.1) is 23.9 Å². The first kappa shape index (κ1) is 13.9. The lowest BCUT2D eigenvalue weighted by molar-refractivity contribution is 0.0933. The number of rotatable bonds is 5. The average Bonchev–Trinajstić information content (AvgIpc) is 3.20. The van der Waals surface area contributed by atoms with Crippen LogP contribution in [0.5, 0.6) is 17.2 Å². The van der Waals surface area contributed by atoms with Crippen LogP contribution >= 0.6 is 0 Å². The van der Waals surface area contributed by atoms with Gasteiger partial charge in [-0.3, -0.25) is 0 Å². The van der Waals surface area contributed by atoms with Crippen LogP contribution in [0.25, 0.3) is 11.0 Å². The summed E-state index contributed by atoms with van der Waals surface area (Å²) in [5.41, 5.74) is 1.91. The second-order valence-corrected chi connectivity index (χ2v) is 5.37. The van der Waals surface area contributed by atoms with Gasteiger partial charge < -0.3 is 23.9 Å². The van der Waals surface area contributed by atoms with Crippen molar-refractivity contribution in [1.82, 2.24) is 9.55 Å². The van der Waals surface area contributed by atoms with E-state index in [0.717, 1.165) is 11.0 Å². The molecule has 1 N–H and O–H groups in total. The predicted molar refractivity (Wildman–Crippen MR) is 83.8 cm³/mol. The van der Waals surface area contributed by atoms with E-state index in [1.165, 1.54) is 0 Å². The van der Waals surface area contributed by atoms with E-state index in [2.05, 4.69) is 4.98 Å². The van der Waals surface area contributed by atoms with Crippen LogP contribution in [0, 0.1) is 0 Å². The molecule has 4 rings (SSSR count). The molecule has 0 bridgehead atoms. The summed E-state index contributed by atoms with van der Waals surface area (Å²) in [6.45, 7) is 0.840. The van der Waals surface area contributed by atoms with Gasteiger partial charge in [0.1, 0.15) is 18.5 Å². The van der Waals surface area contributed by atoms with Gasteiger partial charge in [-0.1, -0.05) is 12.1 Å². The molecule has 1 aliphatic heterocycles.